The second kappa shape index (κ2) is 8.36. The number of hydrogen-bond donors (Lipinski definition) is 2. The van der Waals surface area contributed by atoms with Crippen LogP contribution in [0.1, 0.15) is 5.69 Å². The van der Waals surface area contributed by atoms with Crippen molar-refractivity contribution in [3.8, 4) is 16.9 Å². The molecule has 0 amide bonds. The first-order chi connectivity index (χ1) is 16.0. The highest BCUT2D eigenvalue weighted by Crippen LogP contribution is 2.28. The van der Waals surface area contributed by atoms with E-state index in [1.165, 1.54) is 0 Å². The number of nitrogens with zero attached hydrogens (tertiary/aromatic N) is 5. The van der Waals surface area contributed by atoms with Crippen LogP contribution in [0.15, 0.2) is 67.3 Å². The van der Waals surface area contributed by atoms with E-state index in [0.717, 1.165) is 32.2 Å². The predicted molar refractivity (Wildman–Crippen MR) is 122 cm³/mol. The van der Waals surface area contributed by atoms with Crippen molar-refractivity contribution in [1.82, 2.24) is 24.3 Å². The summed E-state index contributed by atoms with van der Waals surface area (Å²) in [6, 6.07) is 15.0. The smallest absolute Gasteiger partial charge is 0.432 e. The molecule has 3 aromatic heterocycles. The van der Waals surface area contributed by atoms with E-state index < -0.39 is 12.2 Å². The van der Waals surface area contributed by atoms with Gasteiger partial charge in [-0.1, -0.05) is 18.2 Å². The summed E-state index contributed by atoms with van der Waals surface area (Å²) in [5.74, 6) is 0.528. The van der Waals surface area contributed by atoms with Gasteiger partial charge < -0.3 is 19.5 Å². The molecule has 0 bridgehead atoms. The molecule has 9 heteroatoms. The van der Waals surface area contributed by atoms with Crippen molar-refractivity contribution in [3.63, 3.8) is 0 Å². The molecule has 166 valence electrons. The van der Waals surface area contributed by atoms with Crippen LogP contribution in [0.4, 0.5) is 4.79 Å². The van der Waals surface area contributed by atoms with Crippen molar-refractivity contribution < 1.29 is 19.7 Å². The average molecular weight is 443 g/mol. The first-order valence-corrected chi connectivity index (χ1v) is 10.4. The summed E-state index contributed by atoms with van der Waals surface area (Å²) in [4.78, 5) is 20.0. The van der Waals surface area contributed by atoms with Gasteiger partial charge in [0.25, 0.3) is 0 Å². The summed E-state index contributed by atoms with van der Waals surface area (Å²) < 4.78 is 8.66. The number of rotatable bonds is 6. The van der Waals surface area contributed by atoms with E-state index in [1.54, 1.807) is 31.7 Å². The van der Waals surface area contributed by atoms with Gasteiger partial charge >= 0.3 is 6.09 Å². The van der Waals surface area contributed by atoms with Gasteiger partial charge in [-0.2, -0.15) is 9.78 Å². The van der Waals surface area contributed by atoms with E-state index >= 15 is 0 Å². The van der Waals surface area contributed by atoms with Gasteiger partial charge in [-0.3, -0.25) is 4.98 Å². The van der Waals surface area contributed by atoms with Crippen LogP contribution in [0.3, 0.4) is 0 Å². The molecule has 5 rings (SSSR count). The maximum atomic E-state index is 11.4. The highest BCUT2D eigenvalue weighted by atomic mass is 16.5. The number of aromatic nitrogens is 5. The SMILES string of the molecule is Cc1nn(C(=O)O)c2ccc(-c3cncc(OCC(O)Cn4cnc5ccccc54)c3)cc12. The molecule has 0 saturated carbocycles. The fourth-order valence-corrected chi connectivity index (χ4v) is 3.88. The lowest BCUT2D eigenvalue weighted by Gasteiger charge is -2.14. The number of hydrogen-bond acceptors (Lipinski definition) is 6. The molecule has 3 heterocycles. The number of carboxylic acid groups (broad SMARTS) is 1. The first kappa shape index (κ1) is 20.7. The van der Waals surface area contributed by atoms with Gasteiger partial charge in [0.2, 0.25) is 0 Å². The minimum Gasteiger partial charge on any atom is -0.489 e. The van der Waals surface area contributed by atoms with E-state index in [4.69, 9.17) is 4.74 Å². The molecule has 9 nitrogen and oxygen atoms in total. The molecule has 1 atom stereocenters. The van der Waals surface area contributed by atoms with E-state index in [-0.39, 0.29) is 6.61 Å². The zero-order valence-electron chi connectivity index (χ0n) is 17.8. The average Bonchev–Trinajstić information content (AvgIpc) is 3.39. The molecule has 0 aliphatic heterocycles. The molecule has 0 saturated heterocycles. The van der Waals surface area contributed by atoms with Crippen LogP contribution in [-0.2, 0) is 6.54 Å². The summed E-state index contributed by atoms with van der Waals surface area (Å²) in [6.07, 6.45) is 3.15. The predicted octanol–water partition coefficient (Wildman–Crippen LogP) is 3.72. The van der Waals surface area contributed by atoms with Crippen molar-refractivity contribution in [3.05, 3.63) is 72.9 Å². The molecular formula is C24H21N5O4. The Bertz CT molecular complexity index is 1470. The normalized spacial score (nSPS) is 12.3. The summed E-state index contributed by atoms with van der Waals surface area (Å²) in [6.45, 7) is 2.23. The molecule has 0 radical (unpaired) electrons. The molecule has 33 heavy (non-hydrogen) atoms. The van der Waals surface area contributed by atoms with Gasteiger partial charge in [0.1, 0.15) is 18.5 Å². The highest BCUT2D eigenvalue weighted by molar-refractivity contribution is 5.92. The van der Waals surface area contributed by atoms with E-state index in [0.29, 0.717) is 23.5 Å². The Hall–Kier alpha value is -4.24. The van der Waals surface area contributed by atoms with Gasteiger partial charge in [0, 0.05) is 17.1 Å². The Morgan fingerprint density at radius 3 is 2.79 bits per heavy atom. The minimum atomic E-state index is -1.12. The number of benzene rings is 2. The maximum absolute atomic E-state index is 11.4. The number of imidazole rings is 1. The Morgan fingerprint density at radius 1 is 1.09 bits per heavy atom. The first-order valence-electron chi connectivity index (χ1n) is 10.4. The number of para-hydroxylation sites is 2. The number of pyridine rings is 1. The lowest BCUT2D eigenvalue weighted by atomic mass is 10.0. The van der Waals surface area contributed by atoms with Gasteiger partial charge in [0.15, 0.2) is 0 Å². The quantitative estimate of drug-likeness (QED) is 0.411. The Balaban J connectivity index is 1.31. The van der Waals surface area contributed by atoms with Crippen LogP contribution < -0.4 is 4.74 Å². The van der Waals surface area contributed by atoms with Crippen molar-refractivity contribution in [2.24, 2.45) is 0 Å². The highest BCUT2D eigenvalue weighted by Gasteiger charge is 2.14. The van der Waals surface area contributed by atoms with Crippen LogP contribution in [0.5, 0.6) is 5.75 Å². The molecule has 0 aliphatic rings. The molecule has 0 spiro atoms. The lowest BCUT2D eigenvalue weighted by Crippen LogP contribution is -2.23. The molecule has 2 aromatic carbocycles. The molecule has 2 N–H and O–H groups in total. The summed E-state index contributed by atoms with van der Waals surface area (Å²) in [5, 5.41) is 24.6. The maximum Gasteiger partial charge on any atom is 0.432 e. The largest absolute Gasteiger partial charge is 0.489 e. The third-order valence-electron chi connectivity index (χ3n) is 5.47. The third kappa shape index (κ3) is 4.01. The second-order valence-electron chi connectivity index (χ2n) is 7.77. The minimum absolute atomic E-state index is 0.0984. The summed E-state index contributed by atoms with van der Waals surface area (Å²) in [5.41, 5.74) is 4.66. The van der Waals surface area contributed by atoms with Crippen LogP contribution in [0.25, 0.3) is 33.1 Å². The van der Waals surface area contributed by atoms with Crippen molar-refractivity contribution in [1.29, 1.82) is 0 Å². The van der Waals surface area contributed by atoms with Crippen molar-refractivity contribution in [2.75, 3.05) is 6.61 Å². The Labute approximate surface area is 188 Å². The Morgan fingerprint density at radius 2 is 1.94 bits per heavy atom. The van der Waals surface area contributed by atoms with Gasteiger partial charge in [0.05, 0.1) is 41.3 Å². The standard InChI is InChI=1S/C24H21N5O4/c1-15-20-9-16(6-7-22(20)29(27-15)24(31)32)17-8-19(11-25-10-17)33-13-18(30)12-28-14-26-21-4-2-3-5-23(21)28/h2-11,14,18,30H,12-13H2,1H3,(H,31,32). The number of aliphatic hydroxyl groups is 1. The van der Waals surface area contributed by atoms with E-state index in [1.807, 2.05) is 47.0 Å². The zero-order valence-corrected chi connectivity index (χ0v) is 17.8. The van der Waals surface area contributed by atoms with Crippen LogP contribution in [0.2, 0.25) is 0 Å². The van der Waals surface area contributed by atoms with Crippen LogP contribution >= 0.6 is 0 Å². The monoisotopic (exact) mass is 443 g/mol. The lowest BCUT2D eigenvalue weighted by molar-refractivity contribution is 0.0932. The van der Waals surface area contributed by atoms with E-state index in [2.05, 4.69) is 15.1 Å². The van der Waals surface area contributed by atoms with Gasteiger partial charge in [-0.05, 0) is 42.8 Å². The zero-order chi connectivity index (χ0) is 22.9. The van der Waals surface area contributed by atoms with Gasteiger partial charge in [-0.25, -0.2) is 9.78 Å². The molecular weight excluding hydrogens is 422 g/mol. The topological polar surface area (TPSA) is 115 Å². The fourth-order valence-electron chi connectivity index (χ4n) is 3.88. The van der Waals surface area contributed by atoms with Gasteiger partial charge in [-0.15, -0.1) is 0 Å². The number of aryl methyl sites for hydroxylation is 1. The van der Waals surface area contributed by atoms with Crippen molar-refractivity contribution >= 4 is 28.0 Å². The number of ether oxygens (including phenoxy) is 1. The molecule has 0 fully saturated rings. The number of aliphatic hydroxyl groups excluding tert-OH is 1. The third-order valence-corrected chi connectivity index (χ3v) is 5.47. The molecule has 0 aliphatic carbocycles. The number of fused-ring (bicyclic) bond motifs is 2. The van der Waals surface area contributed by atoms with Crippen molar-refractivity contribution in [2.45, 2.75) is 19.6 Å². The van der Waals surface area contributed by atoms with Crippen LogP contribution in [-0.4, -0.2) is 53.3 Å². The van der Waals surface area contributed by atoms with E-state index in [9.17, 15) is 15.0 Å². The Kier molecular flexibility index (Phi) is 5.23. The molecule has 5 aromatic rings. The fraction of sp³-hybridized carbons (Fsp3) is 0.167. The summed E-state index contributed by atoms with van der Waals surface area (Å²) >= 11 is 0. The second-order valence-corrected chi connectivity index (χ2v) is 7.77. The number of carbonyl (C=O) groups is 1. The summed E-state index contributed by atoms with van der Waals surface area (Å²) in [7, 11) is 0. The molecule has 1 unspecified atom stereocenters. The van der Waals surface area contributed by atoms with Crippen LogP contribution in [0, 0.1) is 6.92 Å².